The van der Waals surface area contributed by atoms with Crippen molar-refractivity contribution in [3.63, 3.8) is 0 Å². The van der Waals surface area contributed by atoms with Gasteiger partial charge in [-0.15, -0.1) is 0 Å². The predicted molar refractivity (Wildman–Crippen MR) is 135 cm³/mol. The highest BCUT2D eigenvalue weighted by Gasteiger charge is 2.24. The van der Waals surface area contributed by atoms with Crippen LogP contribution in [0.1, 0.15) is 48.0 Å². The summed E-state index contributed by atoms with van der Waals surface area (Å²) in [6.07, 6.45) is -0.216. The van der Waals surface area contributed by atoms with Gasteiger partial charge in [0.1, 0.15) is 23.7 Å². The first-order valence-electron chi connectivity index (χ1n) is 11.8. The van der Waals surface area contributed by atoms with Crippen molar-refractivity contribution in [2.75, 3.05) is 39.2 Å². The lowest BCUT2D eigenvalue weighted by Gasteiger charge is -2.23. The van der Waals surface area contributed by atoms with E-state index in [9.17, 15) is 14.1 Å². The number of carbonyl (C=O) groups excluding carboxylic acids is 2. The number of aryl methyl sites for hydroxylation is 1. The molecule has 0 spiro atoms. The van der Waals surface area contributed by atoms with Crippen LogP contribution in [0.4, 0.5) is 10.2 Å². The number of methoxy groups -OCH3 is 1. The molecule has 36 heavy (non-hydrogen) atoms. The van der Waals surface area contributed by atoms with Crippen molar-refractivity contribution in [2.24, 2.45) is 5.92 Å². The van der Waals surface area contributed by atoms with E-state index < -0.39 is 5.97 Å². The molecule has 1 amide bonds. The number of ether oxygens (including phenoxy) is 2. The first-order chi connectivity index (χ1) is 17.2. The van der Waals surface area contributed by atoms with Crippen molar-refractivity contribution >= 4 is 28.5 Å². The van der Waals surface area contributed by atoms with Gasteiger partial charge in [-0.1, -0.05) is 13.8 Å². The van der Waals surface area contributed by atoms with Gasteiger partial charge < -0.3 is 24.1 Å². The van der Waals surface area contributed by atoms with Crippen molar-refractivity contribution in [3.8, 4) is 5.75 Å². The van der Waals surface area contributed by atoms with E-state index in [1.54, 1.807) is 26.3 Å². The van der Waals surface area contributed by atoms with Gasteiger partial charge in [-0.2, -0.15) is 0 Å². The van der Waals surface area contributed by atoms with Crippen molar-refractivity contribution in [1.82, 2.24) is 4.90 Å². The van der Waals surface area contributed by atoms with Crippen LogP contribution in [-0.2, 0) is 14.5 Å². The molecular formula is C27H33FN2O6. The molecule has 0 radical (unpaired) electrons. The Kier molecular flexibility index (Phi) is 9.30. The Balaban J connectivity index is 1.75. The molecule has 194 valence electrons. The molecule has 1 unspecified atom stereocenters. The topological polar surface area (TPSA) is 90.2 Å². The Hall–Kier alpha value is -3.59. The number of hydrogen-bond donors (Lipinski definition) is 1. The second-order valence-electron chi connectivity index (χ2n) is 8.96. The highest BCUT2D eigenvalue weighted by Crippen LogP contribution is 2.36. The molecule has 0 aliphatic rings. The Labute approximate surface area is 210 Å². The van der Waals surface area contributed by atoms with Gasteiger partial charge in [0.15, 0.2) is 0 Å². The molecule has 0 fully saturated rings. The number of nitrogens with one attached hydrogen (secondary N) is 1. The predicted octanol–water partition coefficient (Wildman–Crippen LogP) is 5.47. The molecule has 8 nitrogen and oxygen atoms in total. The maximum Gasteiger partial charge on any atom is 0.350 e. The summed E-state index contributed by atoms with van der Waals surface area (Å²) in [7, 11) is 3.19. The van der Waals surface area contributed by atoms with E-state index in [4.69, 9.17) is 13.9 Å². The van der Waals surface area contributed by atoms with Crippen LogP contribution in [0, 0.1) is 12.8 Å². The number of hydrogen-bond acceptors (Lipinski definition) is 7. The zero-order chi connectivity index (χ0) is 26.2. The van der Waals surface area contributed by atoms with Crippen LogP contribution in [0.2, 0.25) is 0 Å². The van der Waals surface area contributed by atoms with Crippen molar-refractivity contribution in [3.05, 3.63) is 59.4 Å². The molecule has 1 aromatic heterocycles. The molecule has 0 aliphatic heterocycles. The average molecular weight is 501 g/mol. The summed E-state index contributed by atoms with van der Waals surface area (Å²) in [5.74, 6) is 0.531. The molecule has 0 bridgehead atoms. The number of nitrogens with zero attached hydrogens (tertiary/aromatic N) is 1. The molecule has 3 aromatic rings. The van der Waals surface area contributed by atoms with Gasteiger partial charge in [0.2, 0.25) is 0 Å². The van der Waals surface area contributed by atoms with E-state index in [1.807, 2.05) is 37.3 Å². The first-order valence-corrected chi connectivity index (χ1v) is 11.8. The lowest BCUT2D eigenvalue weighted by molar-refractivity contribution is -0.183. The number of fused-ring (bicyclic) bond motifs is 1. The summed E-state index contributed by atoms with van der Waals surface area (Å²) in [5, 5.41) is 4.52. The third-order valence-corrected chi connectivity index (χ3v) is 5.99. The average Bonchev–Trinajstić information content (AvgIpc) is 3.20. The van der Waals surface area contributed by atoms with Crippen LogP contribution in [0.25, 0.3) is 11.0 Å². The Bertz CT molecular complexity index is 1170. The zero-order valence-electron chi connectivity index (χ0n) is 21.3. The van der Waals surface area contributed by atoms with Crippen LogP contribution in [-0.4, -0.2) is 50.7 Å². The Morgan fingerprint density at radius 3 is 2.47 bits per heavy atom. The standard InChI is InChI=1S/C27H33FN2O6/c1-17(2)25(26-18(3)22-16-21(34-15-14-33-5)10-11-23(22)35-26)29-20-8-6-19(7-9-20)27(32)30(4)13-12-24(31)36-28/h6-11,16-17,25,29H,12-15H2,1-5H3. The molecule has 0 saturated carbocycles. The highest BCUT2D eigenvalue weighted by atomic mass is 19.3. The molecule has 0 aliphatic carbocycles. The Morgan fingerprint density at radius 1 is 1.11 bits per heavy atom. The van der Waals surface area contributed by atoms with E-state index in [0.717, 1.165) is 33.7 Å². The second kappa shape index (κ2) is 12.4. The van der Waals surface area contributed by atoms with Crippen LogP contribution < -0.4 is 10.1 Å². The number of rotatable bonds is 12. The Morgan fingerprint density at radius 2 is 1.83 bits per heavy atom. The summed E-state index contributed by atoms with van der Waals surface area (Å²) in [4.78, 5) is 28.1. The van der Waals surface area contributed by atoms with Crippen LogP contribution in [0.5, 0.6) is 5.75 Å². The van der Waals surface area contributed by atoms with E-state index in [-0.39, 0.29) is 30.8 Å². The third kappa shape index (κ3) is 6.54. The molecule has 2 aromatic carbocycles. The van der Waals surface area contributed by atoms with Gasteiger partial charge in [0.25, 0.3) is 5.91 Å². The summed E-state index contributed by atoms with van der Waals surface area (Å²) >= 11 is 0. The van der Waals surface area contributed by atoms with Gasteiger partial charge in [0.05, 0.1) is 19.1 Å². The molecule has 1 N–H and O–H groups in total. The highest BCUT2D eigenvalue weighted by molar-refractivity contribution is 5.94. The molecular weight excluding hydrogens is 467 g/mol. The van der Waals surface area contributed by atoms with Crippen LogP contribution in [0.3, 0.4) is 0 Å². The van der Waals surface area contributed by atoms with Gasteiger partial charge in [-0.05, 0) is 55.3 Å². The molecule has 1 heterocycles. The maximum absolute atomic E-state index is 12.6. The molecule has 1 atom stereocenters. The number of carbonyl (C=O) groups is 2. The molecule has 9 heteroatoms. The monoisotopic (exact) mass is 500 g/mol. The minimum Gasteiger partial charge on any atom is -0.491 e. The fourth-order valence-electron chi connectivity index (χ4n) is 3.89. The summed E-state index contributed by atoms with van der Waals surface area (Å²) in [5.41, 5.74) is 3.11. The maximum atomic E-state index is 12.6. The van der Waals surface area contributed by atoms with Crippen LogP contribution in [0.15, 0.2) is 46.9 Å². The molecule has 0 saturated heterocycles. The summed E-state index contributed by atoms with van der Waals surface area (Å²) < 4.78 is 28.9. The van der Waals surface area contributed by atoms with Gasteiger partial charge in [0, 0.05) is 47.4 Å². The van der Waals surface area contributed by atoms with Gasteiger partial charge in [-0.3, -0.25) is 9.74 Å². The number of amides is 1. The summed E-state index contributed by atoms with van der Waals surface area (Å²) in [6.45, 7) is 7.30. The second-order valence-corrected chi connectivity index (χ2v) is 8.96. The fourth-order valence-corrected chi connectivity index (χ4v) is 3.89. The quantitative estimate of drug-likeness (QED) is 0.330. The van der Waals surface area contributed by atoms with Gasteiger partial charge >= 0.3 is 5.97 Å². The number of benzene rings is 2. The first kappa shape index (κ1) is 27.0. The van der Waals surface area contributed by atoms with E-state index >= 15 is 0 Å². The van der Waals surface area contributed by atoms with Crippen molar-refractivity contribution in [2.45, 2.75) is 33.2 Å². The lowest BCUT2D eigenvalue weighted by atomic mass is 9.97. The molecule has 3 rings (SSSR count). The minimum atomic E-state index is -1.01. The SMILES string of the molecule is COCCOc1ccc2oc(C(Nc3ccc(C(=O)N(C)CCC(=O)OF)cc3)C(C)C)c(C)c2c1. The van der Waals surface area contributed by atoms with Crippen LogP contribution >= 0.6 is 0 Å². The van der Waals surface area contributed by atoms with E-state index in [2.05, 4.69) is 24.1 Å². The smallest absolute Gasteiger partial charge is 0.350 e. The fraction of sp³-hybridized carbons (Fsp3) is 0.407. The normalized spacial score (nSPS) is 12.0. The summed E-state index contributed by atoms with van der Waals surface area (Å²) in [6, 6.07) is 12.7. The van der Waals surface area contributed by atoms with Gasteiger partial charge in [-0.25, -0.2) is 4.79 Å². The van der Waals surface area contributed by atoms with E-state index in [0.29, 0.717) is 18.8 Å². The van der Waals surface area contributed by atoms with Crippen molar-refractivity contribution in [1.29, 1.82) is 0 Å². The third-order valence-electron chi connectivity index (χ3n) is 5.99. The lowest BCUT2D eigenvalue weighted by Crippen LogP contribution is -2.29. The number of furan rings is 1. The zero-order valence-corrected chi connectivity index (χ0v) is 21.3. The van der Waals surface area contributed by atoms with Crippen molar-refractivity contribution < 1.29 is 32.9 Å². The minimum absolute atomic E-state index is 0.0570. The number of halogens is 1. The van der Waals surface area contributed by atoms with E-state index in [1.165, 1.54) is 4.90 Å². The number of anilines is 1. The largest absolute Gasteiger partial charge is 0.491 e.